The summed E-state index contributed by atoms with van der Waals surface area (Å²) < 4.78 is 6.72. The van der Waals surface area contributed by atoms with Crippen LogP contribution in [0.4, 0.5) is 0 Å². The van der Waals surface area contributed by atoms with Gasteiger partial charge in [-0.25, -0.2) is 5.43 Å². The van der Waals surface area contributed by atoms with Crippen LogP contribution in [0.2, 0.25) is 0 Å². The molecule has 5 nitrogen and oxygen atoms in total. The number of rotatable bonds is 6. The van der Waals surface area contributed by atoms with Crippen LogP contribution in [0, 0.1) is 0 Å². The molecule has 0 heterocycles. The Labute approximate surface area is 165 Å². The van der Waals surface area contributed by atoms with E-state index in [2.05, 4.69) is 26.5 Å². The molecule has 0 radical (unpaired) electrons. The minimum absolute atomic E-state index is 0.0962. The Bertz CT molecular complexity index is 988. The highest BCUT2D eigenvalue weighted by Crippen LogP contribution is 2.33. The molecule has 0 fully saturated rings. The molecule has 138 valence electrons. The predicted octanol–water partition coefficient (Wildman–Crippen LogP) is 4.62. The fourth-order valence-electron chi connectivity index (χ4n) is 2.61. The van der Waals surface area contributed by atoms with Gasteiger partial charge in [-0.05, 0) is 51.3 Å². The van der Waals surface area contributed by atoms with Crippen LogP contribution in [0.15, 0.2) is 70.2 Å². The van der Waals surface area contributed by atoms with Gasteiger partial charge in [-0.2, -0.15) is 5.10 Å². The van der Waals surface area contributed by atoms with Crippen molar-refractivity contribution in [2.24, 2.45) is 5.10 Å². The first-order valence-corrected chi connectivity index (χ1v) is 9.34. The van der Waals surface area contributed by atoms with Crippen molar-refractivity contribution in [1.82, 2.24) is 5.43 Å². The van der Waals surface area contributed by atoms with Gasteiger partial charge in [-0.1, -0.05) is 49.4 Å². The molecule has 1 unspecified atom stereocenters. The van der Waals surface area contributed by atoms with E-state index < -0.39 is 6.10 Å². The van der Waals surface area contributed by atoms with Gasteiger partial charge in [-0.3, -0.25) is 4.79 Å². The SMILES string of the molecule is CCC(Oc1ccc2ccccc2c1Br)C(=O)N/N=C\c1ccccc1O. The lowest BCUT2D eigenvalue weighted by atomic mass is 10.1. The number of fused-ring (bicyclic) bond motifs is 1. The third kappa shape index (κ3) is 4.46. The molecule has 3 aromatic rings. The molecule has 0 aliphatic heterocycles. The Balaban J connectivity index is 1.71. The Kier molecular flexibility index (Phi) is 6.08. The average Bonchev–Trinajstić information content (AvgIpc) is 2.69. The average molecular weight is 427 g/mol. The number of hydrazone groups is 1. The van der Waals surface area contributed by atoms with E-state index in [1.54, 1.807) is 24.3 Å². The van der Waals surface area contributed by atoms with Gasteiger partial charge in [0.15, 0.2) is 6.10 Å². The molecule has 0 aliphatic carbocycles. The van der Waals surface area contributed by atoms with Gasteiger partial charge in [0.05, 0.1) is 10.7 Å². The van der Waals surface area contributed by atoms with Crippen LogP contribution < -0.4 is 10.2 Å². The molecule has 1 atom stereocenters. The molecular formula is C21H19BrN2O3. The summed E-state index contributed by atoms with van der Waals surface area (Å²) in [5, 5.41) is 15.7. The molecule has 0 aliphatic rings. The molecule has 3 aromatic carbocycles. The van der Waals surface area contributed by atoms with Crippen molar-refractivity contribution in [3.63, 3.8) is 0 Å². The van der Waals surface area contributed by atoms with Crippen molar-refractivity contribution in [1.29, 1.82) is 0 Å². The second-order valence-electron chi connectivity index (χ2n) is 5.91. The highest BCUT2D eigenvalue weighted by Gasteiger charge is 2.19. The van der Waals surface area contributed by atoms with Gasteiger partial charge in [0.25, 0.3) is 5.91 Å². The molecule has 27 heavy (non-hydrogen) atoms. The number of halogens is 1. The zero-order valence-corrected chi connectivity index (χ0v) is 16.3. The van der Waals surface area contributed by atoms with E-state index in [1.165, 1.54) is 6.21 Å². The molecule has 0 spiro atoms. The number of amides is 1. The number of ether oxygens (including phenoxy) is 1. The highest BCUT2D eigenvalue weighted by molar-refractivity contribution is 9.10. The number of benzene rings is 3. The van der Waals surface area contributed by atoms with Crippen molar-refractivity contribution in [2.45, 2.75) is 19.4 Å². The summed E-state index contributed by atoms with van der Waals surface area (Å²) in [7, 11) is 0. The number of para-hydroxylation sites is 1. The lowest BCUT2D eigenvalue weighted by molar-refractivity contribution is -0.128. The first kappa shape index (κ1) is 18.9. The highest BCUT2D eigenvalue weighted by atomic mass is 79.9. The largest absolute Gasteiger partial charge is 0.507 e. The molecule has 0 saturated carbocycles. The Hall–Kier alpha value is -2.86. The number of phenolic OH excluding ortho intramolecular Hbond substituents is 1. The second-order valence-corrected chi connectivity index (χ2v) is 6.70. The quantitative estimate of drug-likeness (QED) is 0.446. The molecule has 3 rings (SSSR count). The topological polar surface area (TPSA) is 70.9 Å². The van der Waals surface area contributed by atoms with E-state index >= 15 is 0 Å². The molecule has 6 heteroatoms. The molecule has 0 saturated heterocycles. The molecule has 1 amide bonds. The van der Waals surface area contributed by atoms with E-state index in [1.807, 2.05) is 43.3 Å². The molecule has 2 N–H and O–H groups in total. The van der Waals surface area contributed by atoms with Crippen LogP contribution in [-0.2, 0) is 4.79 Å². The smallest absolute Gasteiger partial charge is 0.281 e. The summed E-state index contributed by atoms with van der Waals surface area (Å²) in [6.45, 7) is 1.87. The van der Waals surface area contributed by atoms with Crippen LogP contribution >= 0.6 is 15.9 Å². The van der Waals surface area contributed by atoms with Gasteiger partial charge in [0, 0.05) is 5.56 Å². The fraction of sp³-hybridized carbons (Fsp3) is 0.143. The van der Waals surface area contributed by atoms with Crippen molar-refractivity contribution in [3.8, 4) is 11.5 Å². The monoisotopic (exact) mass is 426 g/mol. The maximum Gasteiger partial charge on any atom is 0.281 e. The Morgan fingerprint density at radius 1 is 1.19 bits per heavy atom. The summed E-state index contributed by atoms with van der Waals surface area (Å²) in [5.41, 5.74) is 2.98. The van der Waals surface area contributed by atoms with Crippen LogP contribution in [0.1, 0.15) is 18.9 Å². The fourth-order valence-corrected chi connectivity index (χ4v) is 3.20. The van der Waals surface area contributed by atoms with E-state index in [0.29, 0.717) is 17.7 Å². The first-order chi connectivity index (χ1) is 13.1. The van der Waals surface area contributed by atoms with Crippen molar-refractivity contribution in [2.75, 3.05) is 0 Å². The summed E-state index contributed by atoms with van der Waals surface area (Å²) in [5.74, 6) is 0.337. The van der Waals surface area contributed by atoms with Crippen LogP contribution in [0.3, 0.4) is 0 Å². The van der Waals surface area contributed by atoms with E-state index in [4.69, 9.17) is 4.74 Å². The number of carbonyl (C=O) groups excluding carboxylic acids is 1. The maximum absolute atomic E-state index is 12.4. The molecule has 0 bridgehead atoms. The zero-order valence-electron chi connectivity index (χ0n) is 14.7. The van der Waals surface area contributed by atoms with E-state index in [0.717, 1.165) is 15.2 Å². The third-order valence-corrected chi connectivity index (χ3v) is 4.89. The van der Waals surface area contributed by atoms with Crippen molar-refractivity contribution < 1.29 is 14.6 Å². The minimum Gasteiger partial charge on any atom is -0.507 e. The maximum atomic E-state index is 12.4. The van der Waals surface area contributed by atoms with Crippen LogP contribution in [-0.4, -0.2) is 23.3 Å². The summed E-state index contributed by atoms with van der Waals surface area (Å²) in [4.78, 5) is 12.4. The number of phenols is 1. The van der Waals surface area contributed by atoms with Gasteiger partial charge in [0.1, 0.15) is 11.5 Å². The van der Waals surface area contributed by atoms with Crippen molar-refractivity contribution >= 4 is 38.8 Å². The van der Waals surface area contributed by atoms with Gasteiger partial charge in [0.2, 0.25) is 0 Å². The number of carbonyl (C=O) groups is 1. The zero-order chi connectivity index (χ0) is 19.2. The number of hydrogen-bond acceptors (Lipinski definition) is 4. The number of nitrogens with zero attached hydrogens (tertiary/aromatic N) is 1. The lowest BCUT2D eigenvalue weighted by Gasteiger charge is -2.17. The van der Waals surface area contributed by atoms with Gasteiger partial charge in [-0.15, -0.1) is 0 Å². The lowest BCUT2D eigenvalue weighted by Crippen LogP contribution is -2.35. The van der Waals surface area contributed by atoms with Crippen LogP contribution in [0.25, 0.3) is 10.8 Å². The number of aromatic hydroxyl groups is 1. The predicted molar refractivity (Wildman–Crippen MR) is 110 cm³/mol. The Morgan fingerprint density at radius 3 is 2.70 bits per heavy atom. The summed E-state index contributed by atoms with van der Waals surface area (Å²) in [6, 6.07) is 18.5. The number of hydrogen-bond donors (Lipinski definition) is 2. The second kappa shape index (κ2) is 8.68. The third-order valence-electron chi connectivity index (χ3n) is 4.08. The normalized spacial score (nSPS) is 12.2. The molecular weight excluding hydrogens is 408 g/mol. The standard InChI is InChI=1S/C21H19BrN2O3/c1-2-18(21(26)24-23-13-15-8-4-6-10-17(15)25)27-19-12-11-14-7-3-5-9-16(14)20(19)22/h3-13,18,25H,2H2,1H3,(H,24,26)/b23-13-. The molecule has 0 aromatic heterocycles. The van der Waals surface area contributed by atoms with E-state index in [-0.39, 0.29) is 11.7 Å². The minimum atomic E-state index is -0.691. The Morgan fingerprint density at radius 2 is 1.93 bits per heavy atom. The van der Waals surface area contributed by atoms with Crippen LogP contribution in [0.5, 0.6) is 11.5 Å². The summed E-state index contributed by atoms with van der Waals surface area (Å²) in [6.07, 6.45) is 1.19. The van der Waals surface area contributed by atoms with Gasteiger partial charge >= 0.3 is 0 Å². The van der Waals surface area contributed by atoms with Gasteiger partial charge < -0.3 is 9.84 Å². The number of nitrogens with one attached hydrogen (secondary N) is 1. The summed E-state index contributed by atoms with van der Waals surface area (Å²) >= 11 is 3.57. The van der Waals surface area contributed by atoms with Crippen molar-refractivity contribution in [3.05, 3.63) is 70.7 Å². The van der Waals surface area contributed by atoms with E-state index in [9.17, 15) is 9.90 Å². The first-order valence-electron chi connectivity index (χ1n) is 8.55.